The Morgan fingerprint density at radius 3 is 2.19 bits per heavy atom. The lowest BCUT2D eigenvalue weighted by Gasteiger charge is -2.10. The third-order valence-corrected chi connectivity index (χ3v) is 3.62. The number of halogens is 3. The van der Waals surface area contributed by atoms with Crippen LogP contribution in [-0.2, 0) is 9.84 Å². The SMILES string of the molecule is CC(C)c1cccc(S(=O)(=O)C(F)(F)F)c1. The van der Waals surface area contributed by atoms with Crippen LogP contribution in [-0.4, -0.2) is 13.9 Å². The van der Waals surface area contributed by atoms with E-state index in [0.29, 0.717) is 5.56 Å². The van der Waals surface area contributed by atoms with E-state index in [1.54, 1.807) is 19.9 Å². The molecule has 0 saturated heterocycles. The number of hydrogen-bond acceptors (Lipinski definition) is 2. The summed E-state index contributed by atoms with van der Waals surface area (Å²) in [6.45, 7) is 3.55. The molecule has 0 fully saturated rings. The molecule has 0 radical (unpaired) electrons. The maximum absolute atomic E-state index is 12.3. The molecule has 0 heterocycles. The van der Waals surface area contributed by atoms with Crippen molar-refractivity contribution in [2.75, 3.05) is 0 Å². The summed E-state index contributed by atoms with van der Waals surface area (Å²) in [7, 11) is -5.23. The number of benzene rings is 1. The molecule has 2 nitrogen and oxygen atoms in total. The molecule has 0 atom stereocenters. The number of rotatable bonds is 2. The topological polar surface area (TPSA) is 34.1 Å². The minimum atomic E-state index is -5.25. The van der Waals surface area contributed by atoms with Crippen LogP contribution >= 0.6 is 0 Å². The van der Waals surface area contributed by atoms with Crippen LogP contribution < -0.4 is 0 Å². The molecule has 0 aromatic heterocycles. The summed E-state index contributed by atoms with van der Waals surface area (Å²) in [6.07, 6.45) is 0. The molecule has 0 aliphatic heterocycles. The molecule has 16 heavy (non-hydrogen) atoms. The smallest absolute Gasteiger partial charge is 0.214 e. The zero-order valence-electron chi connectivity index (χ0n) is 8.75. The summed E-state index contributed by atoms with van der Waals surface area (Å²) in [4.78, 5) is -0.703. The van der Waals surface area contributed by atoms with Crippen molar-refractivity contribution in [1.82, 2.24) is 0 Å². The van der Waals surface area contributed by atoms with Crippen LogP contribution in [0.15, 0.2) is 29.2 Å². The van der Waals surface area contributed by atoms with Crippen molar-refractivity contribution in [3.63, 3.8) is 0 Å². The van der Waals surface area contributed by atoms with Crippen molar-refractivity contribution in [2.24, 2.45) is 0 Å². The molecular weight excluding hydrogens is 241 g/mol. The second-order valence-electron chi connectivity index (χ2n) is 3.68. The highest BCUT2D eigenvalue weighted by Gasteiger charge is 2.46. The van der Waals surface area contributed by atoms with Crippen molar-refractivity contribution in [3.05, 3.63) is 29.8 Å². The van der Waals surface area contributed by atoms with Gasteiger partial charge in [-0.1, -0.05) is 26.0 Å². The van der Waals surface area contributed by atoms with E-state index in [4.69, 9.17) is 0 Å². The van der Waals surface area contributed by atoms with Crippen LogP contribution in [0, 0.1) is 0 Å². The number of hydrogen-bond donors (Lipinski definition) is 0. The fraction of sp³-hybridized carbons (Fsp3) is 0.400. The highest BCUT2D eigenvalue weighted by molar-refractivity contribution is 7.92. The molecule has 90 valence electrons. The Bertz CT molecular complexity index is 475. The predicted octanol–water partition coefficient (Wildman–Crippen LogP) is 3.10. The zero-order chi connectivity index (χ0) is 12.6. The summed E-state index contributed by atoms with van der Waals surface area (Å²) >= 11 is 0. The maximum Gasteiger partial charge on any atom is 0.501 e. The fourth-order valence-electron chi connectivity index (χ4n) is 1.17. The van der Waals surface area contributed by atoms with Crippen LogP contribution in [0.25, 0.3) is 0 Å². The van der Waals surface area contributed by atoms with Gasteiger partial charge in [-0.05, 0) is 23.6 Å². The van der Waals surface area contributed by atoms with Gasteiger partial charge < -0.3 is 0 Å². The average Bonchev–Trinajstić information content (AvgIpc) is 2.16. The first-order valence-corrected chi connectivity index (χ1v) is 6.06. The lowest BCUT2D eigenvalue weighted by atomic mass is 10.0. The summed E-state index contributed by atoms with van der Waals surface area (Å²) in [6, 6.07) is 4.93. The summed E-state index contributed by atoms with van der Waals surface area (Å²) in [5.74, 6) is -0.0246. The Kier molecular flexibility index (Phi) is 3.33. The van der Waals surface area contributed by atoms with Gasteiger partial charge in [-0.15, -0.1) is 0 Å². The molecule has 1 aromatic rings. The van der Waals surface area contributed by atoms with E-state index >= 15 is 0 Å². The zero-order valence-corrected chi connectivity index (χ0v) is 9.56. The summed E-state index contributed by atoms with van der Waals surface area (Å²) in [5.41, 5.74) is -4.69. The van der Waals surface area contributed by atoms with E-state index in [1.807, 2.05) is 0 Å². The van der Waals surface area contributed by atoms with Crippen molar-refractivity contribution in [2.45, 2.75) is 30.2 Å². The van der Waals surface area contributed by atoms with Gasteiger partial charge in [0.25, 0.3) is 9.84 Å². The third-order valence-electron chi connectivity index (χ3n) is 2.14. The number of sulfone groups is 1. The van der Waals surface area contributed by atoms with Gasteiger partial charge in [0.2, 0.25) is 0 Å². The first-order chi connectivity index (χ1) is 7.16. The van der Waals surface area contributed by atoms with E-state index in [2.05, 4.69) is 0 Å². The molecule has 0 N–H and O–H groups in total. The van der Waals surface area contributed by atoms with Gasteiger partial charge in [0, 0.05) is 0 Å². The van der Waals surface area contributed by atoms with Gasteiger partial charge in [-0.25, -0.2) is 8.42 Å². The fourth-order valence-corrected chi connectivity index (χ4v) is 1.99. The second kappa shape index (κ2) is 4.08. The van der Waals surface area contributed by atoms with Crippen molar-refractivity contribution < 1.29 is 21.6 Å². The van der Waals surface area contributed by atoms with Gasteiger partial charge in [0.1, 0.15) is 0 Å². The minimum absolute atomic E-state index is 0.0246. The van der Waals surface area contributed by atoms with E-state index < -0.39 is 20.2 Å². The van der Waals surface area contributed by atoms with E-state index in [1.165, 1.54) is 6.07 Å². The van der Waals surface area contributed by atoms with Gasteiger partial charge in [-0.2, -0.15) is 13.2 Å². The predicted molar refractivity (Wildman–Crippen MR) is 53.8 cm³/mol. The van der Waals surface area contributed by atoms with Crippen LogP contribution in [0.3, 0.4) is 0 Å². The lowest BCUT2D eigenvalue weighted by molar-refractivity contribution is -0.0436. The molecule has 0 amide bonds. The highest BCUT2D eigenvalue weighted by Crippen LogP contribution is 2.31. The first kappa shape index (κ1) is 13.0. The summed E-state index contributed by atoms with van der Waals surface area (Å²) < 4.78 is 59.0. The van der Waals surface area contributed by atoms with Crippen molar-refractivity contribution in [1.29, 1.82) is 0 Å². The monoisotopic (exact) mass is 252 g/mol. The molecule has 0 unspecified atom stereocenters. The minimum Gasteiger partial charge on any atom is -0.214 e. The van der Waals surface area contributed by atoms with Crippen LogP contribution in [0.5, 0.6) is 0 Å². The average molecular weight is 252 g/mol. The van der Waals surface area contributed by atoms with E-state index in [9.17, 15) is 21.6 Å². The first-order valence-electron chi connectivity index (χ1n) is 4.57. The second-order valence-corrected chi connectivity index (χ2v) is 5.62. The van der Waals surface area contributed by atoms with Gasteiger partial charge in [0.05, 0.1) is 4.90 Å². The third kappa shape index (κ3) is 2.37. The highest BCUT2D eigenvalue weighted by atomic mass is 32.2. The molecule has 1 rings (SSSR count). The summed E-state index contributed by atoms with van der Waals surface area (Å²) in [5, 5.41) is 0. The van der Waals surface area contributed by atoms with Crippen LogP contribution in [0.4, 0.5) is 13.2 Å². The quantitative estimate of drug-likeness (QED) is 0.810. The Morgan fingerprint density at radius 2 is 1.75 bits per heavy atom. The standard InChI is InChI=1S/C10H11F3O2S/c1-7(2)8-4-3-5-9(6-8)16(14,15)10(11,12)13/h3-7H,1-2H3. The van der Waals surface area contributed by atoms with Gasteiger partial charge in [0.15, 0.2) is 0 Å². The molecule has 0 spiro atoms. The molecule has 0 aliphatic rings. The Morgan fingerprint density at radius 1 is 1.19 bits per heavy atom. The lowest BCUT2D eigenvalue weighted by Crippen LogP contribution is -2.23. The van der Waals surface area contributed by atoms with Crippen LogP contribution in [0.2, 0.25) is 0 Å². The molecule has 0 saturated carbocycles. The molecule has 6 heteroatoms. The van der Waals surface area contributed by atoms with Crippen LogP contribution in [0.1, 0.15) is 25.3 Å². The molecular formula is C10H11F3O2S. The van der Waals surface area contributed by atoms with Crippen molar-refractivity contribution in [3.8, 4) is 0 Å². The largest absolute Gasteiger partial charge is 0.501 e. The normalized spacial score (nSPS) is 13.1. The van der Waals surface area contributed by atoms with E-state index in [-0.39, 0.29) is 5.92 Å². The van der Waals surface area contributed by atoms with Crippen molar-refractivity contribution >= 4 is 9.84 Å². The Balaban J connectivity index is 3.31. The van der Waals surface area contributed by atoms with Gasteiger partial charge in [-0.3, -0.25) is 0 Å². The Hall–Kier alpha value is -1.04. The molecule has 1 aromatic carbocycles. The maximum atomic E-state index is 12.3. The molecule has 0 aliphatic carbocycles. The van der Waals surface area contributed by atoms with E-state index in [0.717, 1.165) is 12.1 Å². The Labute approximate surface area is 92.0 Å². The molecule has 0 bridgehead atoms. The number of alkyl halides is 3. The van der Waals surface area contributed by atoms with Gasteiger partial charge >= 0.3 is 5.51 Å².